The Hall–Kier alpha value is -1.70. The van der Waals surface area contributed by atoms with Gasteiger partial charge in [-0.05, 0) is 23.9 Å². The molecule has 3 heterocycles. The Morgan fingerprint density at radius 1 is 1.19 bits per heavy atom. The molecule has 1 aliphatic rings. The van der Waals surface area contributed by atoms with Crippen LogP contribution in [0.2, 0.25) is 0 Å². The number of ether oxygens (including phenoxy) is 1. The van der Waals surface area contributed by atoms with E-state index < -0.39 is 22.0 Å². The zero-order valence-electron chi connectivity index (χ0n) is 13.5. The molecule has 0 spiro atoms. The van der Waals surface area contributed by atoms with Gasteiger partial charge in [0.25, 0.3) is 0 Å². The van der Waals surface area contributed by atoms with Crippen LogP contribution in [0, 0.1) is 0 Å². The van der Waals surface area contributed by atoms with Crippen LogP contribution in [0.25, 0.3) is 0 Å². The molecule has 3 rings (SSSR count). The van der Waals surface area contributed by atoms with Crippen LogP contribution in [0.1, 0.15) is 5.82 Å². The van der Waals surface area contributed by atoms with Gasteiger partial charge >= 0.3 is 6.18 Å². The van der Waals surface area contributed by atoms with Crippen LogP contribution in [0.3, 0.4) is 0 Å². The lowest BCUT2D eigenvalue weighted by atomic mass is 10.5. The Kier molecular flexibility index (Phi) is 5.23. The molecule has 0 atom stereocenters. The first-order valence-corrected chi connectivity index (χ1v) is 9.63. The topological polar surface area (TPSA) is 90.2 Å². The number of aromatic nitrogens is 4. The summed E-state index contributed by atoms with van der Waals surface area (Å²) < 4.78 is 70.4. The summed E-state index contributed by atoms with van der Waals surface area (Å²) in [5.41, 5.74) is 0. The fourth-order valence-corrected chi connectivity index (χ4v) is 4.35. The van der Waals surface area contributed by atoms with Crippen LogP contribution in [-0.4, -0.2) is 58.8 Å². The zero-order chi connectivity index (χ0) is 18.9. The number of morpholine rings is 1. The van der Waals surface area contributed by atoms with E-state index in [0.717, 1.165) is 16.3 Å². The normalized spacial score (nSPS) is 16.8. The molecule has 1 aliphatic heterocycles. The third kappa shape index (κ3) is 3.84. The highest BCUT2D eigenvalue weighted by molar-refractivity contribution is 7.99. The molecule has 0 amide bonds. The van der Waals surface area contributed by atoms with Gasteiger partial charge in [-0.2, -0.15) is 17.5 Å². The van der Waals surface area contributed by atoms with Gasteiger partial charge in [0.1, 0.15) is 9.92 Å². The minimum atomic E-state index is -4.61. The Morgan fingerprint density at radius 2 is 1.88 bits per heavy atom. The predicted molar refractivity (Wildman–Crippen MR) is 83.9 cm³/mol. The van der Waals surface area contributed by atoms with Crippen molar-refractivity contribution in [3.05, 3.63) is 24.2 Å². The van der Waals surface area contributed by atoms with E-state index in [9.17, 15) is 21.6 Å². The van der Waals surface area contributed by atoms with E-state index in [-0.39, 0.29) is 23.1 Å². The minimum absolute atomic E-state index is 0.00592. The van der Waals surface area contributed by atoms with Crippen LogP contribution in [0.5, 0.6) is 0 Å². The molecule has 0 aliphatic carbocycles. The molecule has 0 N–H and O–H groups in total. The minimum Gasteiger partial charge on any atom is -0.379 e. The average molecular weight is 409 g/mol. The van der Waals surface area contributed by atoms with Crippen molar-refractivity contribution in [1.29, 1.82) is 0 Å². The Bertz CT molecular complexity index is 877. The molecule has 26 heavy (non-hydrogen) atoms. The monoisotopic (exact) mass is 409 g/mol. The zero-order valence-corrected chi connectivity index (χ0v) is 15.1. The van der Waals surface area contributed by atoms with Crippen LogP contribution in [-0.2, 0) is 28.0 Å². The van der Waals surface area contributed by atoms with Crippen LogP contribution in [0.4, 0.5) is 13.2 Å². The molecule has 1 fully saturated rings. The molecule has 0 unspecified atom stereocenters. The second kappa shape index (κ2) is 7.13. The number of alkyl halides is 3. The van der Waals surface area contributed by atoms with E-state index >= 15 is 0 Å². The quantitative estimate of drug-likeness (QED) is 0.754. The lowest BCUT2D eigenvalue weighted by Gasteiger charge is -2.25. The maximum absolute atomic E-state index is 12.7. The molecule has 0 saturated carbocycles. The number of rotatable bonds is 4. The Morgan fingerprint density at radius 3 is 2.42 bits per heavy atom. The van der Waals surface area contributed by atoms with Gasteiger partial charge in [-0.15, -0.1) is 10.2 Å². The lowest BCUT2D eigenvalue weighted by Crippen LogP contribution is -2.40. The molecule has 142 valence electrons. The molecule has 1 saturated heterocycles. The summed E-state index contributed by atoms with van der Waals surface area (Å²) in [4.78, 5) is 4.02. The van der Waals surface area contributed by atoms with E-state index in [1.54, 1.807) is 0 Å². The van der Waals surface area contributed by atoms with E-state index in [1.807, 2.05) is 0 Å². The molecule has 0 radical (unpaired) electrons. The predicted octanol–water partition coefficient (Wildman–Crippen LogP) is 1.40. The molecule has 2 aromatic rings. The van der Waals surface area contributed by atoms with Crippen LogP contribution in [0.15, 0.2) is 33.4 Å². The number of hydrogen-bond donors (Lipinski definition) is 0. The van der Waals surface area contributed by atoms with Crippen molar-refractivity contribution in [2.24, 2.45) is 7.05 Å². The largest absolute Gasteiger partial charge is 0.451 e. The highest BCUT2D eigenvalue weighted by Gasteiger charge is 2.37. The van der Waals surface area contributed by atoms with Crippen molar-refractivity contribution in [1.82, 2.24) is 24.1 Å². The van der Waals surface area contributed by atoms with E-state index in [0.29, 0.717) is 18.2 Å². The Labute approximate surface area is 151 Å². The smallest absolute Gasteiger partial charge is 0.379 e. The van der Waals surface area contributed by atoms with Crippen molar-refractivity contribution in [3.8, 4) is 0 Å². The summed E-state index contributed by atoms with van der Waals surface area (Å²) in [5, 5.41) is 6.92. The SMILES string of the molecule is Cn1c(Sc2ccc(S(=O)(=O)N3CCOCC3)cn2)nnc1C(F)(F)F. The van der Waals surface area contributed by atoms with Gasteiger partial charge in [0.15, 0.2) is 5.16 Å². The molecule has 2 aromatic heterocycles. The summed E-state index contributed by atoms with van der Waals surface area (Å²) >= 11 is 0.856. The molecule has 8 nitrogen and oxygen atoms in total. The third-order valence-electron chi connectivity index (χ3n) is 3.60. The third-order valence-corrected chi connectivity index (χ3v) is 6.47. The Balaban J connectivity index is 1.77. The second-order valence-electron chi connectivity index (χ2n) is 5.31. The van der Waals surface area contributed by atoms with Crippen molar-refractivity contribution in [3.63, 3.8) is 0 Å². The van der Waals surface area contributed by atoms with Crippen molar-refractivity contribution >= 4 is 21.8 Å². The van der Waals surface area contributed by atoms with Gasteiger partial charge < -0.3 is 9.30 Å². The molecule has 13 heteroatoms. The highest BCUT2D eigenvalue weighted by atomic mass is 32.2. The van der Waals surface area contributed by atoms with Gasteiger partial charge in [-0.1, -0.05) is 0 Å². The summed E-state index contributed by atoms with van der Waals surface area (Å²) in [7, 11) is -2.48. The van der Waals surface area contributed by atoms with Crippen LogP contribution < -0.4 is 0 Å². The van der Waals surface area contributed by atoms with Gasteiger partial charge in [0, 0.05) is 26.3 Å². The van der Waals surface area contributed by atoms with Crippen molar-refractivity contribution in [2.75, 3.05) is 26.3 Å². The molecular formula is C13H14F3N5O3S2. The molecule has 0 bridgehead atoms. The van der Waals surface area contributed by atoms with E-state index in [4.69, 9.17) is 4.74 Å². The van der Waals surface area contributed by atoms with Crippen LogP contribution >= 0.6 is 11.8 Å². The first-order chi connectivity index (χ1) is 12.2. The maximum Gasteiger partial charge on any atom is 0.451 e. The first kappa shape index (κ1) is 19.1. The van der Waals surface area contributed by atoms with Crippen molar-refractivity contribution < 1.29 is 26.3 Å². The average Bonchev–Trinajstić information content (AvgIpc) is 2.97. The number of hydrogen-bond acceptors (Lipinski definition) is 7. The number of halogens is 3. The summed E-state index contributed by atoms with van der Waals surface area (Å²) in [6, 6.07) is 2.78. The highest BCUT2D eigenvalue weighted by Crippen LogP contribution is 2.31. The number of nitrogens with zero attached hydrogens (tertiary/aromatic N) is 5. The second-order valence-corrected chi connectivity index (χ2v) is 8.24. The van der Waals surface area contributed by atoms with E-state index in [2.05, 4.69) is 15.2 Å². The molecule has 0 aromatic carbocycles. The maximum atomic E-state index is 12.7. The fourth-order valence-electron chi connectivity index (χ4n) is 2.26. The molecular weight excluding hydrogens is 395 g/mol. The first-order valence-electron chi connectivity index (χ1n) is 7.38. The van der Waals surface area contributed by atoms with Gasteiger partial charge in [-0.3, -0.25) is 0 Å². The lowest BCUT2D eigenvalue weighted by molar-refractivity contribution is -0.147. The summed E-state index contributed by atoms with van der Waals surface area (Å²) in [5.74, 6) is -1.12. The number of pyridine rings is 1. The van der Waals surface area contributed by atoms with Crippen molar-refractivity contribution in [2.45, 2.75) is 21.3 Å². The van der Waals surface area contributed by atoms with Gasteiger partial charge in [0.2, 0.25) is 15.8 Å². The standard InChI is InChI=1S/C13H14F3N5O3S2/c1-20-11(13(14,15)16)18-19-12(20)25-10-3-2-9(8-17-10)26(22,23)21-4-6-24-7-5-21/h2-3,8H,4-7H2,1H3. The van der Waals surface area contributed by atoms with Gasteiger partial charge in [-0.25, -0.2) is 13.4 Å². The fraction of sp³-hybridized carbons (Fsp3) is 0.462. The van der Waals surface area contributed by atoms with Gasteiger partial charge in [0.05, 0.1) is 13.2 Å². The number of sulfonamides is 1. The summed E-state index contributed by atoms with van der Waals surface area (Å²) in [6.45, 7) is 1.18. The summed E-state index contributed by atoms with van der Waals surface area (Å²) in [6.07, 6.45) is -3.43. The van der Waals surface area contributed by atoms with E-state index in [1.165, 1.54) is 29.7 Å².